The van der Waals surface area contributed by atoms with Gasteiger partial charge in [-0.1, -0.05) is 6.07 Å². The van der Waals surface area contributed by atoms with Gasteiger partial charge in [0, 0.05) is 35.3 Å². The number of Topliss-reactive ketones (excluding diaryl/α,β-unsaturated/α-hetero) is 1. The fourth-order valence-corrected chi connectivity index (χ4v) is 4.12. The Bertz CT molecular complexity index is 1350. The molecule has 4 heterocycles. The summed E-state index contributed by atoms with van der Waals surface area (Å²) in [6.45, 7) is 1.93. The molecule has 0 fully saturated rings. The molecule has 0 saturated carbocycles. The Morgan fingerprint density at radius 1 is 1.18 bits per heavy atom. The summed E-state index contributed by atoms with van der Waals surface area (Å²) in [5, 5.41) is 12.4. The summed E-state index contributed by atoms with van der Waals surface area (Å²) in [7, 11) is 1.92. The van der Waals surface area contributed by atoms with Gasteiger partial charge in [0.1, 0.15) is 11.3 Å². The lowest BCUT2D eigenvalue weighted by molar-refractivity contribution is 0.0994. The van der Waals surface area contributed by atoms with E-state index in [9.17, 15) is 4.79 Å². The predicted molar refractivity (Wildman–Crippen MR) is 108 cm³/mol. The minimum absolute atomic E-state index is 0.0170. The third-order valence-electron chi connectivity index (χ3n) is 4.73. The lowest BCUT2D eigenvalue weighted by atomic mass is 10.0. The summed E-state index contributed by atoms with van der Waals surface area (Å²) in [4.78, 5) is 21.7. The van der Waals surface area contributed by atoms with Crippen LogP contribution in [0.4, 0.5) is 0 Å². The van der Waals surface area contributed by atoms with Crippen molar-refractivity contribution < 1.29 is 4.79 Å². The molecule has 28 heavy (non-hydrogen) atoms. The SMILES string of the molecule is Cc1csc(CC(=O)c2cc(-c3ccc4c(cnn4C)c3)cn3ncnc23)n1. The number of aromatic nitrogens is 6. The molecular weight excluding hydrogens is 372 g/mol. The predicted octanol–water partition coefficient (Wildman–Crippen LogP) is 3.47. The van der Waals surface area contributed by atoms with Crippen LogP contribution >= 0.6 is 11.3 Å². The first-order chi connectivity index (χ1) is 13.6. The Balaban J connectivity index is 1.60. The number of hydrogen-bond acceptors (Lipinski definition) is 6. The molecule has 0 amide bonds. The molecule has 0 N–H and O–H groups in total. The first-order valence-electron chi connectivity index (χ1n) is 8.78. The fourth-order valence-electron chi connectivity index (χ4n) is 3.35. The van der Waals surface area contributed by atoms with E-state index in [0.717, 1.165) is 32.7 Å². The molecule has 4 aromatic heterocycles. The average molecular weight is 388 g/mol. The molecule has 5 rings (SSSR count). The van der Waals surface area contributed by atoms with Crippen molar-refractivity contribution in [3.05, 3.63) is 64.6 Å². The van der Waals surface area contributed by atoms with Crippen molar-refractivity contribution in [2.45, 2.75) is 13.3 Å². The first-order valence-corrected chi connectivity index (χ1v) is 9.66. The number of pyridine rings is 1. The van der Waals surface area contributed by atoms with Crippen molar-refractivity contribution in [2.75, 3.05) is 0 Å². The average Bonchev–Trinajstić information content (AvgIpc) is 3.41. The third-order valence-corrected chi connectivity index (χ3v) is 5.70. The Hall–Kier alpha value is -3.39. The first kappa shape index (κ1) is 16.8. The maximum absolute atomic E-state index is 13.0. The fraction of sp³-hybridized carbons (Fsp3) is 0.150. The van der Waals surface area contributed by atoms with Gasteiger partial charge < -0.3 is 0 Å². The van der Waals surface area contributed by atoms with E-state index in [1.807, 2.05) is 54.6 Å². The Morgan fingerprint density at radius 3 is 2.89 bits per heavy atom. The molecule has 0 bridgehead atoms. The largest absolute Gasteiger partial charge is 0.294 e. The molecule has 0 aliphatic carbocycles. The number of rotatable bonds is 4. The van der Waals surface area contributed by atoms with Gasteiger partial charge in [-0.05, 0) is 30.7 Å². The zero-order valence-corrected chi connectivity index (χ0v) is 16.1. The number of carbonyl (C=O) groups excluding carboxylic acids is 1. The van der Waals surface area contributed by atoms with Crippen molar-refractivity contribution in [3.8, 4) is 11.1 Å². The Kier molecular flexibility index (Phi) is 3.80. The summed E-state index contributed by atoms with van der Waals surface area (Å²) in [5.41, 5.74) is 5.00. The lowest BCUT2D eigenvalue weighted by Gasteiger charge is -2.07. The molecule has 0 unspecified atom stereocenters. The van der Waals surface area contributed by atoms with Crippen LogP contribution in [0.15, 0.2) is 48.4 Å². The number of thiazole rings is 1. The molecule has 7 nitrogen and oxygen atoms in total. The van der Waals surface area contributed by atoms with Gasteiger partial charge in [-0.25, -0.2) is 14.5 Å². The van der Waals surface area contributed by atoms with Crippen LogP contribution in [0.25, 0.3) is 27.7 Å². The van der Waals surface area contributed by atoms with Crippen LogP contribution in [0.5, 0.6) is 0 Å². The summed E-state index contributed by atoms with van der Waals surface area (Å²) in [6, 6.07) is 8.02. The number of benzene rings is 1. The number of carbonyl (C=O) groups is 1. The van der Waals surface area contributed by atoms with Crippen LogP contribution in [0.3, 0.4) is 0 Å². The van der Waals surface area contributed by atoms with Gasteiger partial charge in [0.15, 0.2) is 11.4 Å². The van der Waals surface area contributed by atoms with Gasteiger partial charge in [-0.3, -0.25) is 9.48 Å². The van der Waals surface area contributed by atoms with Crippen molar-refractivity contribution >= 4 is 33.7 Å². The minimum atomic E-state index is -0.0170. The van der Waals surface area contributed by atoms with Gasteiger partial charge in [0.25, 0.3) is 0 Å². The second-order valence-corrected chi connectivity index (χ2v) is 7.64. The second kappa shape index (κ2) is 6.35. The maximum Gasteiger partial charge on any atom is 0.173 e. The zero-order chi connectivity index (χ0) is 19.3. The lowest BCUT2D eigenvalue weighted by Crippen LogP contribution is -2.07. The van der Waals surface area contributed by atoms with Gasteiger partial charge >= 0.3 is 0 Å². The van der Waals surface area contributed by atoms with E-state index in [0.29, 0.717) is 11.2 Å². The van der Waals surface area contributed by atoms with E-state index < -0.39 is 0 Å². The molecule has 0 spiro atoms. The molecule has 1 aromatic carbocycles. The van der Waals surface area contributed by atoms with Crippen LogP contribution in [-0.4, -0.2) is 35.1 Å². The number of fused-ring (bicyclic) bond motifs is 2. The maximum atomic E-state index is 13.0. The molecule has 0 aliphatic rings. The molecule has 0 saturated heterocycles. The quantitative estimate of drug-likeness (QED) is 0.441. The van der Waals surface area contributed by atoms with E-state index in [1.54, 1.807) is 4.52 Å². The minimum Gasteiger partial charge on any atom is -0.294 e. The highest BCUT2D eigenvalue weighted by molar-refractivity contribution is 7.09. The van der Waals surface area contributed by atoms with Crippen molar-refractivity contribution in [3.63, 3.8) is 0 Å². The van der Waals surface area contributed by atoms with E-state index in [2.05, 4.69) is 26.2 Å². The van der Waals surface area contributed by atoms with Crippen molar-refractivity contribution in [1.82, 2.24) is 29.4 Å². The zero-order valence-electron chi connectivity index (χ0n) is 15.3. The summed E-state index contributed by atoms with van der Waals surface area (Å²) in [6.07, 6.45) is 5.45. The van der Waals surface area contributed by atoms with Gasteiger partial charge in [0.2, 0.25) is 0 Å². The second-order valence-electron chi connectivity index (χ2n) is 6.70. The van der Waals surface area contributed by atoms with Gasteiger partial charge in [-0.15, -0.1) is 11.3 Å². The Labute approximate surface area is 164 Å². The van der Waals surface area contributed by atoms with E-state index in [1.165, 1.54) is 17.7 Å². The van der Waals surface area contributed by atoms with Crippen LogP contribution in [0, 0.1) is 6.92 Å². The van der Waals surface area contributed by atoms with Crippen LogP contribution in [-0.2, 0) is 13.5 Å². The molecule has 5 aromatic rings. The Morgan fingerprint density at radius 2 is 2.07 bits per heavy atom. The van der Waals surface area contributed by atoms with E-state index in [-0.39, 0.29) is 12.2 Å². The van der Waals surface area contributed by atoms with Gasteiger partial charge in [0.05, 0.1) is 23.7 Å². The van der Waals surface area contributed by atoms with Crippen molar-refractivity contribution in [2.24, 2.45) is 7.05 Å². The molecule has 8 heteroatoms. The highest BCUT2D eigenvalue weighted by Gasteiger charge is 2.17. The number of hydrogen-bond donors (Lipinski definition) is 0. The summed E-state index contributed by atoms with van der Waals surface area (Å²) in [5.74, 6) is -0.0170. The molecule has 0 atom stereocenters. The number of nitrogens with zero attached hydrogens (tertiary/aromatic N) is 6. The van der Waals surface area contributed by atoms with E-state index >= 15 is 0 Å². The molecule has 0 aliphatic heterocycles. The topological polar surface area (TPSA) is 78.0 Å². The number of ketones is 1. The molecular formula is C20H16N6OS. The van der Waals surface area contributed by atoms with E-state index in [4.69, 9.17) is 0 Å². The standard InChI is InChI=1S/C20H16N6OS/c1-12-10-28-19(24-12)7-18(27)16-6-15(9-26-20(16)21-11-23-26)13-3-4-17-14(5-13)8-22-25(17)2/h3-6,8-11H,7H2,1-2H3. The molecule has 0 radical (unpaired) electrons. The summed E-state index contributed by atoms with van der Waals surface area (Å²) >= 11 is 1.50. The monoisotopic (exact) mass is 388 g/mol. The highest BCUT2D eigenvalue weighted by atomic mass is 32.1. The van der Waals surface area contributed by atoms with Crippen molar-refractivity contribution in [1.29, 1.82) is 0 Å². The number of aryl methyl sites for hydroxylation is 2. The summed E-state index contributed by atoms with van der Waals surface area (Å²) < 4.78 is 3.49. The van der Waals surface area contributed by atoms with Gasteiger partial charge in [-0.2, -0.15) is 10.2 Å². The molecule has 138 valence electrons. The normalized spacial score (nSPS) is 11.5. The smallest absolute Gasteiger partial charge is 0.173 e. The highest BCUT2D eigenvalue weighted by Crippen LogP contribution is 2.27. The van der Waals surface area contributed by atoms with Crippen LogP contribution in [0.2, 0.25) is 0 Å². The van der Waals surface area contributed by atoms with Crippen LogP contribution < -0.4 is 0 Å². The third kappa shape index (κ3) is 2.78. The van der Waals surface area contributed by atoms with Crippen LogP contribution in [0.1, 0.15) is 21.1 Å².